The van der Waals surface area contributed by atoms with Crippen LogP contribution in [0.4, 0.5) is 11.4 Å². The van der Waals surface area contributed by atoms with Crippen LogP contribution in [0.5, 0.6) is 0 Å². The van der Waals surface area contributed by atoms with Gasteiger partial charge in [0.1, 0.15) is 0 Å². The van der Waals surface area contributed by atoms with Crippen LogP contribution in [0.25, 0.3) is 0 Å². The summed E-state index contributed by atoms with van der Waals surface area (Å²) < 4.78 is 0. The van der Waals surface area contributed by atoms with Crippen LogP contribution in [0, 0.1) is 37.5 Å². The van der Waals surface area contributed by atoms with Gasteiger partial charge in [0.15, 0.2) is 0 Å². The number of benzene rings is 2. The Kier molecular flexibility index (Phi) is 4.17. The molecule has 4 atom stereocenters. The number of nitrogens with zero attached hydrogens (tertiary/aromatic N) is 1. The summed E-state index contributed by atoms with van der Waals surface area (Å²) >= 11 is 0. The smallest absolute Gasteiger partial charge is 0.255 e. The van der Waals surface area contributed by atoms with Gasteiger partial charge in [-0.15, -0.1) is 0 Å². The van der Waals surface area contributed by atoms with Gasteiger partial charge in [-0.2, -0.15) is 0 Å². The van der Waals surface area contributed by atoms with E-state index in [1.807, 2.05) is 32.0 Å². The number of fused-ring (bicyclic) bond motifs is 5. The standard InChI is InChI=1S/C25H24N2O3/c1-13-4-7-18(11-14(13)2)26-23(28)16-5-8-19(9-6-16)27-24(29)21-17-10-15(3)20(12-17)22(21)25(27)30/h4-11,17,20-22H,12H2,1-3H3,(H,26,28)/t17-,20-,21+,22+/m1/s1. The number of allylic oxidation sites excluding steroid dienone is 2. The number of amides is 3. The lowest BCUT2D eigenvalue weighted by Gasteiger charge is -2.19. The second-order valence-corrected chi connectivity index (χ2v) is 8.78. The number of hydrogen-bond donors (Lipinski definition) is 1. The highest BCUT2D eigenvalue weighted by Crippen LogP contribution is 2.55. The van der Waals surface area contributed by atoms with Gasteiger partial charge in [-0.05, 0) is 86.6 Å². The van der Waals surface area contributed by atoms with Gasteiger partial charge in [0.25, 0.3) is 5.91 Å². The van der Waals surface area contributed by atoms with Crippen LogP contribution in [-0.2, 0) is 9.59 Å². The number of rotatable bonds is 3. The molecule has 2 bridgehead atoms. The molecule has 1 saturated heterocycles. The van der Waals surface area contributed by atoms with E-state index < -0.39 is 0 Å². The first-order valence-corrected chi connectivity index (χ1v) is 10.4. The zero-order valence-electron chi connectivity index (χ0n) is 17.3. The molecule has 3 aliphatic rings. The highest BCUT2D eigenvalue weighted by atomic mass is 16.2. The van der Waals surface area contributed by atoms with E-state index in [4.69, 9.17) is 0 Å². The lowest BCUT2D eigenvalue weighted by molar-refractivity contribution is -0.123. The van der Waals surface area contributed by atoms with Gasteiger partial charge in [-0.25, -0.2) is 0 Å². The summed E-state index contributed by atoms with van der Waals surface area (Å²) in [5.74, 6) is -0.488. The fourth-order valence-corrected chi connectivity index (χ4v) is 5.31. The molecule has 152 valence electrons. The van der Waals surface area contributed by atoms with Crippen molar-refractivity contribution in [3.8, 4) is 0 Å². The molecule has 2 fully saturated rings. The van der Waals surface area contributed by atoms with Crippen molar-refractivity contribution in [1.82, 2.24) is 0 Å². The Balaban J connectivity index is 1.34. The van der Waals surface area contributed by atoms with Crippen molar-refractivity contribution in [2.75, 3.05) is 10.2 Å². The molecular weight excluding hydrogens is 376 g/mol. The fourth-order valence-electron chi connectivity index (χ4n) is 5.31. The number of nitrogens with one attached hydrogen (secondary N) is 1. The average molecular weight is 400 g/mol. The average Bonchev–Trinajstić information content (AvgIpc) is 3.35. The summed E-state index contributed by atoms with van der Waals surface area (Å²) in [4.78, 5) is 40.0. The van der Waals surface area contributed by atoms with Gasteiger partial charge in [0.2, 0.25) is 11.8 Å². The van der Waals surface area contributed by atoms with Crippen molar-refractivity contribution in [2.24, 2.45) is 23.7 Å². The van der Waals surface area contributed by atoms with Crippen LogP contribution in [0.2, 0.25) is 0 Å². The number of imide groups is 1. The summed E-state index contributed by atoms with van der Waals surface area (Å²) in [5.41, 5.74) is 5.28. The van der Waals surface area contributed by atoms with Gasteiger partial charge in [0, 0.05) is 11.3 Å². The van der Waals surface area contributed by atoms with E-state index in [2.05, 4.69) is 18.3 Å². The van der Waals surface area contributed by atoms with E-state index in [1.165, 1.54) is 16.0 Å². The van der Waals surface area contributed by atoms with Gasteiger partial charge in [-0.3, -0.25) is 19.3 Å². The van der Waals surface area contributed by atoms with Gasteiger partial charge in [-0.1, -0.05) is 17.7 Å². The molecule has 30 heavy (non-hydrogen) atoms. The zero-order valence-corrected chi connectivity index (χ0v) is 17.3. The minimum atomic E-state index is -0.224. The summed E-state index contributed by atoms with van der Waals surface area (Å²) in [7, 11) is 0. The van der Waals surface area contributed by atoms with Crippen LogP contribution in [-0.4, -0.2) is 17.7 Å². The first-order valence-electron chi connectivity index (χ1n) is 10.4. The third-order valence-electron chi connectivity index (χ3n) is 7.03. The monoisotopic (exact) mass is 400 g/mol. The van der Waals surface area contributed by atoms with Crippen molar-refractivity contribution in [2.45, 2.75) is 27.2 Å². The fraction of sp³-hybridized carbons (Fsp3) is 0.320. The molecule has 2 aromatic carbocycles. The lowest BCUT2D eigenvalue weighted by Crippen LogP contribution is -2.33. The molecule has 1 saturated carbocycles. The van der Waals surface area contributed by atoms with Crippen molar-refractivity contribution in [1.29, 1.82) is 0 Å². The van der Waals surface area contributed by atoms with Crippen molar-refractivity contribution in [3.05, 3.63) is 70.8 Å². The first-order chi connectivity index (χ1) is 14.3. The summed E-state index contributed by atoms with van der Waals surface area (Å²) in [6, 6.07) is 12.5. The third kappa shape index (κ3) is 2.72. The normalized spacial score (nSPS) is 26.8. The molecule has 1 heterocycles. The molecule has 3 amide bonds. The zero-order chi connectivity index (χ0) is 21.2. The molecule has 0 aromatic heterocycles. The number of anilines is 2. The van der Waals surface area contributed by atoms with Crippen molar-refractivity contribution >= 4 is 29.1 Å². The van der Waals surface area contributed by atoms with Crippen LogP contribution in [0.3, 0.4) is 0 Å². The summed E-state index contributed by atoms with van der Waals surface area (Å²) in [6.07, 6.45) is 3.09. The van der Waals surface area contributed by atoms with Crippen LogP contribution in [0.1, 0.15) is 34.8 Å². The number of hydrogen-bond acceptors (Lipinski definition) is 3. The maximum absolute atomic E-state index is 13.1. The Hall–Kier alpha value is -3.21. The van der Waals surface area contributed by atoms with E-state index >= 15 is 0 Å². The molecule has 5 heteroatoms. The quantitative estimate of drug-likeness (QED) is 0.618. The summed E-state index contributed by atoms with van der Waals surface area (Å²) in [6.45, 7) is 6.09. The Labute approximate surface area is 175 Å². The van der Waals surface area contributed by atoms with Crippen LogP contribution in [0.15, 0.2) is 54.1 Å². The van der Waals surface area contributed by atoms with Gasteiger partial charge >= 0.3 is 0 Å². The molecule has 2 aliphatic carbocycles. The molecular formula is C25H24N2O3. The maximum atomic E-state index is 13.1. The topological polar surface area (TPSA) is 66.5 Å². The maximum Gasteiger partial charge on any atom is 0.255 e. The third-order valence-corrected chi connectivity index (χ3v) is 7.03. The predicted octanol–water partition coefficient (Wildman–Crippen LogP) is 4.26. The van der Waals surface area contributed by atoms with Gasteiger partial charge in [0.05, 0.1) is 17.5 Å². The van der Waals surface area contributed by atoms with Crippen LogP contribution >= 0.6 is 0 Å². The minimum absolute atomic E-state index is 0.0997. The highest BCUT2D eigenvalue weighted by Gasteiger charge is 2.60. The van der Waals surface area contributed by atoms with Crippen molar-refractivity contribution < 1.29 is 14.4 Å². The molecule has 1 aliphatic heterocycles. The Bertz CT molecular complexity index is 1120. The van der Waals surface area contributed by atoms with Crippen molar-refractivity contribution in [3.63, 3.8) is 0 Å². The van der Waals surface area contributed by atoms with E-state index in [1.54, 1.807) is 24.3 Å². The number of carbonyl (C=O) groups is 3. The van der Waals surface area contributed by atoms with Crippen LogP contribution < -0.4 is 10.2 Å². The van der Waals surface area contributed by atoms with Gasteiger partial charge < -0.3 is 5.32 Å². The van der Waals surface area contributed by atoms with E-state index in [0.29, 0.717) is 11.3 Å². The molecule has 2 aromatic rings. The molecule has 0 spiro atoms. The summed E-state index contributed by atoms with van der Waals surface area (Å²) in [5, 5.41) is 2.90. The van der Waals surface area contributed by atoms with E-state index in [-0.39, 0.29) is 41.4 Å². The molecule has 0 unspecified atom stereocenters. The van der Waals surface area contributed by atoms with E-state index in [9.17, 15) is 14.4 Å². The molecule has 1 N–H and O–H groups in total. The SMILES string of the molecule is CC1=C[C@@H]2C[C@H]1[C@@H]1C(=O)N(c3ccc(C(=O)Nc4ccc(C)c(C)c4)cc3)C(=O)[C@H]12. The second kappa shape index (κ2) is 6.66. The molecule has 0 radical (unpaired) electrons. The highest BCUT2D eigenvalue weighted by molar-refractivity contribution is 6.23. The first kappa shape index (κ1) is 18.8. The molecule has 5 nitrogen and oxygen atoms in total. The Morgan fingerprint density at radius 2 is 1.63 bits per heavy atom. The second-order valence-electron chi connectivity index (χ2n) is 8.78. The Morgan fingerprint density at radius 3 is 2.33 bits per heavy atom. The number of carbonyl (C=O) groups excluding carboxylic acids is 3. The predicted molar refractivity (Wildman–Crippen MR) is 115 cm³/mol. The number of aryl methyl sites for hydroxylation is 2. The Morgan fingerprint density at radius 1 is 0.933 bits per heavy atom. The van der Waals surface area contributed by atoms with E-state index in [0.717, 1.165) is 17.7 Å². The minimum Gasteiger partial charge on any atom is -0.322 e. The lowest BCUT2D eigenvalue weighted by atomic mass is 9.82. The largest absolute Gasteiger partial charge is 0.322 e. The molecule has 5 rings (SSSR count).